The fraction of sp³-hybridized carbons (Fsp3) is 0.500. The van der Waals surface area contributed by atoms with Gasteiger partial charge in [0.05, 0.1) is 5.56 Å². The first-order chi connectivity index (χ1) is 8.89. The summed E-state index contributed by atoms with van der Waals surface area (Å²) in [6, 6.07) is 0.847. The van der Waals surface area contributed by atoms with Gasteiger partial charge in [0.25, 0.3) is 0 Å². The average molecular weight is 275 g/mol. The van der Waals surface area contributed by atoms with Gasteiger partial charge in [-0.3, -0.25) is 4.98 Å². The summed E-state index contributed by atoms with van der Waals surface area (Å²) < 4.78 is 43.0. The van der Waals surface area contributed by atoms with Gasteiger partial charge in [-0.2, -0.15) is 13.2 Å². The third kappa shape index (κ3) is 3.04. The molecule has 2 heterocycles. The zero-order valence-corrected chi connectivity index (χ0v) is 9.91. The van der Waals surface area contributed by atoms with E-state index < -0.39 is 17.8 Å². The lowest BCUT2D eigenvalue weighted by Crippen LogP contribution is -2.19. The lowest BCUT2D eigenvalue weighted by atomic mass is 9.88. The molecule has 2 rings (SSSR count). The zero-order chi connectivity index (χ0) is 14.0. The number of hydrogen-bond acceptors (Lipinski definition) is 3. The SMILES string of the molecule is O=C(O)c1cnc(C(F)(F)F)cc1C1CCOCC1. The summed E-state index contributed by atoms with van der Waals surface area (Å²) in [4.78, 5) is 14.3. The van der Waals surface area contributed by atoms with Gasteiger partial charge in [0.15, 0.2) is 0 Å². The molecule has 0 aromatic carbocycles. The van der Waals surface area contributed by atoms with Crippen LogP contribution in [0.4, 0.5) is 13.2 Å². The maximum atomic E-state index is 12.6. The first-order valence-electron chi connectivity index (χ1n) is 5.78. The highest BCUT2D eigenvalue weighted by Gasteiger charge is 2.34. The largest absolute Gasteiger partial charge is 0.478 e. The summed E-state index contributed by atoms with van der Waals surface area (Å²) in [6.45, 7) is 0.848. The van der Waals surface area contributed by atoms with Crippen LogP contribution in [0.3, 0.4) is 0 Å². The van der Waals surface area contributed by atoms with E-state index in [2.05, 4.69) is 4.98 Å². The molecule has 0 saturated carbocycles. The van der Waals surface area contributed by atoms with Crippen molar-refractivity contribution in [3.05, 3.63) is 29.1 Å². The van der Waals surface area contributed by atoms with E-state index in [1.165, 1.54) is 0 Å². The minimum atomic E-state index is -4.57. The Morgan fingerprint density at radius 1 is 1.37 bits per heavy atom. The Labute approximate surface area is 107 Å². The van der Waals surface area contributed by atoms with E-state index in [9.17, 15) is 18.0 Å². The van der Waals surface area contributed by atoms with Crippen molar-refractivity contribution in [2.45, 2.75) is 24.9 Å². The van der Waals surface area contributed by atoms with Gasteiger partial charge in [0.1, 0.15) is 5.69 Å². The molecule has 1 aromatic heterocycles. The van der Waals surface area contributed by atoms with Crippen LogP contribution in [0.2, 0.25) is 0 Å². The molecule has 0 spiro atoms. The van der Waals surface area contributed by atoms with Crippen LogP contribution in [0.5, 0.6) is 0 Å². The highest BCUT2D eigenvalue weighted by atomic mass is 19.4. The van der Waals surface area contributed by atoms with E-state index in [-0.39, 0.29) is 17.0 Å². The second kappa shape index (κ2) is 5.16. The van der Waals surface area contributed by atoms with Crippen LogP contribution in [0.25, 0.3) is 0 Å². The van der Waals surface area contributed by atoms with Crippen LogP contribution in [-0.2, 0) is 10.9 Å². The number of halogens is 3. The van der Waals surface area contributed by atoms with Crippen molar-refractivity contribution in [2.75, 3.05) is 13.2 Å². The van der Waals surface area contributed by atoms with Gasteiger partial charge in [0.2, 0.25) is 0 Å². The molecule has 0 bridgehead atoms. The molecule has 1 N–H and O–H groups in total. The molecule has 0 radical (unpaired) electrons. The Morgan fingerprint density at radius 3 is 2.53 bits per heavy atom. The molecule has 1 saturated heterocycles. The van der Waals surface area contributed by atoms with E-state index in [1.807, 2.05) is 0 Å². The Balaban J connectivity index is 2.44. The van der Waals surface area contributed by atoms with Crippen molar-refractivity contribution in [1.29, 1.82) is 0 Å². The molecular formula is C12H12F3NO3. The predicted octanol–water partition coefficient (Wildman–Crippen LogP) is 2.69. The van der Waals surface area contributed by atoms with Gasteiger partial charge < -0.3 is 9.84 Å². The minimum Gasteiger partial charge on any atom is -0.478 e. The number of aromatic nitrogens is 1. The average Bonchev–Trinajstić information content (AvgIpc) is 2.38. The van der Waals surface area contributed by atoms with Gasteiger partial charge >= 0.3 is 12.1 Å². The van der Waals surface area contributed by atoms with E-state index in [0.29, 0.717) is 26.1 Å². The molecule has 1 aromatic rings. The highest BCUT2D eigenvalue weighted by Crippen LogP contribution is 2.34. The number of pyridine rings is 1. The monoisotopic (exact) mass is 275 g/mol. The molecule has 0 amide bonds. The number of carbonyl (C=O) groups is 1. The van der Waals surface area contributed by atoms with Crippen molar-refractivity contribution >= 4 is 5.97 Å². The van der Waals surface area contributed by atoms with Crippen molar-refractivity contribution in [2.24, 2.45) is 0 Å². The molecule has 4 nitrogen and oxygen atoms in total. The lowest BCUT2D eigenvalue weighted by molar-refractivity contribution is -0.141. The van der Waals surface area contributed by atoms with Gasteiger partial charge in [-0.1, -0.05) is 0 Å². The topological polar surface area (TPSA) is 59.4 Å². The lowest BCUT2D eigenvalue weighted by Gasteiger charge is -2.24. The summed E-state index contributed by atoms with van der Waals surface area (Å²) >= 11 is 0. The maximum absolute atomic E-state index is 12.6. The maximum Gasteiger partial charge on any atom is 0.433 e. The van der Waals surface area contributed by atoms with Crippen LogP contribution in [0, 0.1) is 0 Å². The summed E-state index contributed by atoms with van der Waals surface area (Å²) in [7, 11) is 0. The highest BCUT2D eigenvalue weighted by molar-refractivity contribution is 5.89. The number of ether oxygens (including phenoxy) is 1. The number of hydrogen-bond donors (Lipinski definition) is 1. The molecule has 1 aliphatic rings. The van der Waals surface area contributed by atoms with Crippen LogP contribution in [-0.4, -0.2) is 29.3 Å². The fourth-order valence-corrected chi connectivity index (χ4v) is 2.15. The fourth-order valence-electron chi connectivity index (χ4n) is 2.15. The Hall–Kier alpha value is -1.63. The summed E-state index contributed by atoms with van der Waals surface area (Å²) in [5.41, 5.74) is -1.03. The first-order valence-corrected chi connectivity index (χ1v) is 5.78. The number of carboxylic acid groups (broad SMARTS) is 1. The number of rotatable bonds is 2. The number of aromatic carboxylic acids is 1. The third-order valence-corrected chi connectivity index (χ3v) is 3.12. The van der Waals surface area contributed by atoms with Crippen LogP contribution < -0.4 is 0 Å². The van der Waals surface area contributed by atoms with Crippen molar-refractivity contribution in [1.82, 2.24) is 4.98 Å². The zero-order valence-electron chi connectivity index (χ0n) is 9.91. The minimum absolute atomic E-state index is 0.167. The van der Waals surface area contributed by atoms with E-state index in [4.69, 9.17) is 9.84 Å². The molecule has 1 fully saturated rings. The molecule has 19 heavy (non-hydrogen) atoms. The Bertz CT molecular complexity index is 482. The molecule has 0 atom stereocenters. The molecule has 1 aliphatic heterocycles. The van der Waals surface area contributed by atoms with Gasteiger partial charge in [-0.15, -0.1) is 0 Å². The van der Waals surface area contributed by atoms with Crippen molar-refractivity contribution in [3.63, 3.8) is 0 Å². The number of nitrogens with zero attached hydrogens (tertiary/aromatic N) is 1. The van der Waals surface area contributed by atoms with Gasteiger partial charge in [0, 0.05) is 19.4 Å². The standard InChI is InChI=1S/C12H12F3NO3/c13-12(14,15)10-5-8(7-1-3-19-4-2-7)9(6-16-10)11(17)18/h5-7H,1-4H2,(H,17,18). The molecule has 0 unspecified atom stereocenters. The van der Waals surface area contributed by atoms with Gasteiger partial charge in [-0.05, 0) is 30.4 Å². The number of carboxylic acids is 1. The summed E-state index contributed by atoms with van der Waals surface area (Å²) in [5.74, 6) is -1.49. The normalized spacial score (nSPS) is 17.4. The number of alkyl halides is 3. The Morgan fingerprint density at radius 2 is 2.00 bits per heavy atom. The quantitative estimate of drug-likeness (QED) is 0.901. The summed E-state index contributed by atoms with van der Waals surface area (Å²) in [5, 5.41) is 9.04. The molecule has 0 aliphatic carbocycles. The summed E-state index contributed by atoms with van der Waals surface area (Å²) in [6.07, 6.45) is -2.75. The van der Waals surface area contributed by atoms with Crippen molar-refractivity contribution < 1.29 is 27.8 Å². The van der Waals surface area contributed by atoms with E-state index in [0.717, 1.165) is 12.3 Å². The molecular weight excluding hydrogens is 263 g/mol. The molecule has 104 valence electrons. The van der Waals surface area contributed by atoms with E-state index >= 15 is 0 Å². The predicted molar refractivity (Wildman–Crippen MR) is 59.0 cm³/mol. The van der Waals surface area contributed by atoms with Crippen molar-refractivity contribution in [3.8, 4) is 0 Å². The third-order valence-electron chi connectivity index (χ3n) is 3.12. The smallest absolute Gasteiger partial charge is 0.433 e. The van der Waals surface area contributed by atoms with Crippen LogP contribution in [0.1, 0.15) is 40.4 Å². The van der Waals surface area contributed by atoms with Crippen LogP contribution >= 0.6 is 0 Å². The Kier molecular flexibility index (Phi) is 3.75. The first kappa shape index (κ1) is 13.8. The van der Waals surface area contributed by atoms with Gasteiger partial charge in [-0.25, -0.2) is 4.79 Å². The van der Waals surface area contributed by atoms with E-state index in [1.54, 1.807) is 0 Å². The second-order valence-corrected chi connectivity index (χ2v) is 4.35. The van der Waals surface area contributed by atoms with Crippen LogP contribution in [0.15, 0.2) is 12.3 Å². The molecule has 7 heteroatoms. The second-order valence-electron chi connectivity index (χ2n) is 4.35.